The quantitative estimate of drug-likeness (QED) is 0.743. The van der Waals surface area contributed by atoms with Crippen LogP contribution in [0.4, 0.5) is 0 Å². The first-order valence-electron chi connectivity index (χ1n) is 5.04. The third kappa shape index (κ3) is 1.37. The molecule has 2 atom stereocenters. The Bertz CT molecular complexity index is 384. The van der Waals surface area contributed by atoms with E-state index in [9.17, 15) is 9.90 Å². The third-order valence-corrected chi connectivity index (χ3v) is 3.05. The molecule has 1 N–H and O–H groups in total. The van der Waals surface area contributed by atoms with Crippen LogP contribution >= 0.6 is 0 Å². The van der Waals surface area contributed by atoms with Gasteiger partial charge in [0.15, 0.2) is 6.04 Å². The second kappa shape index (κ2) is 3.22. The number of aliphatic imine (C=N–C) groups is 1. The zero-order valence-corrected chi connectivity index (χ0v) is 8.84. The zero-order valence-electron chi connectivity index (χ0n) is 8.84. The fourth-order valence-electron chi connectivity index (χ4n) is 2.04. The topological polar surface area (TPSA) is 52.9 Å². The molecule has 0 fully saturated rings. The van der Waals surface area contributed by atoms with Crippen LogP contribution in [-0.2, 0) is 4.79 Å². The van der Waals surface area contributed by atoms with Crippen molar-refractivity contribution >= 4 is 11.8 Å². The van der Waals surface area contributed by atoms with E-state index in [1.807, 2.05) is 32.1 Å². The number of aliphatic carboxylic acids is 1. The first kappa shape index (κ1) is 9.96. The fourth-order valence-corrected chi connectivity index (χ4v) is 2.04. The molecule has 0 saturated heterocycles. The lowest BCUT2D eigenvalue weighted by atomic mass is 9.90. The van der Waals surface area contributed by atoms with Crippen LogP contribution in [0, 0.1) is 0 Å². The minimum atomic E-state index is -0.821. The number of carbonyl (C=O) groups is 1. The van der Waals surface area contributed by atoms with Gasteiger partial charge in [0, 0.05) is 6.20 Å². The minimum absolute atomic E-state index is 0.528. The summed E-state index contributed by atoms with van der Waals surface area (Å²) in [5, 5.41) is 9.25. The summed E-state index contributed by atoms with van der Waals surface area (Å²) in [5.41, 5.74) is -0.528. The fraction of sp³-hybridized carbons (Fsp3) is 0.455. The monoisotopic (exact) mass is 206 g/mol. The largest absolute Gasteiger partial charge is 0.480 e. The highest BCUT2D eigenvalue weighted by atomic mass is 16.4. The van der Waals surface area contributed by atoms with E-state index in [1.165, 1.54) is 0 Å². The molecule has 2 aliphatic heterocycles. The summed E-state index contributed by atoms with van der Waals surface area (Å²) in [6.07, 6.45) is 8.03. The summed E-state index contributed by atoms with van der Waals surface area (Å²) >= 11 is 0. The Morgan fingerprint density at radius 2 is 2.40 bits per heavy atom. The Kier molecular flexibility index (Phi) is 2.14. The maximum Gasteiger partial charge on any atom is 0.329 e. The van der Waals surface area contributed by atoms with Gasteiger partial charge in [0.1, 0.15) is 5.84 Å². The van der Waals surface area contributed by atoms with Gasteiger partial charge in [-0.25, -0.2) is 4.79 Å². The van der Waals surface area contributed by atoms with E-state index in [0.29, 0.717) is 6.42 Å². The first-order valence-corrected chi connectivity index (χ1v) is 5.04. The van der Waals surface area contributed by atoms with Crippen LogP contribution in [0.5, 0.6) is 0 Å². The number of amidine groups is 1. The molecule has 2 rings (SSSR count). The van der Waals surface area contributed by atoms with Gasteiger partial charge in [-0.05, 0) is 25.5 Å². The molecule has 0 amide bonds. The van der Waals surface area contributed by atoms with Gasteiger partial charge in [-0.1, -0.05) is 13.0 Å². The summed E-state index contributed by atoms with van der Waals surface area (Å²) in [4.78, 5) is 17.5. The molecule has 4 heteroatoms. The maximum absolute atomic E-state index is 11.3. The highest BCUT2D eigenvalue weighted by molar-refractivity contribution is 6.00. The number of carboxylic acid groups (broad SMARTS) is 1. The van der Waals surface area contributed by atoms with E-state index in [4.69, 9.17) is 0 Å². The van der Waals surface area contributed by atoms with Crippen LogP contribution in [0.25, 0.3) is 0 Å². The number of fused-ring (bicyclic) bond motifs is 1. The Labute approximate surface area is 88.6 Å². The normalized spacial score (nSPS) is 32.8. The van der Waals surface area contributed by atoms with Crippen molar-refractivity contribution in [2.24, 2.45) is 4.99 Å². The van der Waals surface area contributed by atoms with Crippen molar-refractivity contribution in [3.63, 3.8) is 0 Å². The average molecular weight is 206 g/mol. The summed E-state index contributed by atoms with van der Waals surface area (Å²) < 4.78 is 0. The SMILES string of the molecule is CCC1(C)N=C2C=CC=CN2C1C(=O)O. The Hall–Kier alpha value is -1.58. The van der Waals surface area contributed by atoms with E-state index in [2.05, 4.69) is 4.99 Å². The average Bonchev–Trinajstić information content (AvgIpc) is 2.50. The zero-order chi connectivity index (χ0) is 11.1. The van der Waals surface area contributed by atoms with Gasteiger partial charge in [0.05, 0.1) is 5.54 Å². The van der Waals surface area contributed by atoms with Crippen molar-refractivity contribution in [2.45, 2.75) is 31.8 Å². The summed E-state index contributed by atoms with van der Waals surface area (Å²) in [6, 6.07) is -0.585. The second-order valence-corrected chi connectivity index (χ2v) is 4.03. The molecular weight excluding hydrogens is 192 g/mol. The molecule has 0 aromatic rings. The minimum Gasteiger partial charge on any atom is -0.480 e. The van der Waals surface area contributed by atoms with Gasteiger partial charge in [-0.2, -0.15) is 0 Å². The van der Waals surface area contributed by atoms with E-state index >= 15 is 0 Å². The third-order valence-electron chi connectivity index (χ3n) is 3.05. The number of hydrogen-bond donors (Lipinski definition) is 1. The smallest absolute Gasteiger partial charge is 0.329 e. The molecule has 0 aromatic carbocycles. The van der Waals surface area contributed by atoms with E-state index in [-0.39, 0.29) is 0 Å². The highest BCUT2D eigenvalue weighted by Gasteiger charge is 2.47. The van der Waals surface area contributed by atoms with Gasteiger partial charge in [-0.3, -0.25) is 4.99 Å². The number of carboxylic acids is 1. The lowest BCUT2D eigenvalue weighted by Gasteiger charge is -2.29. The highest BCUT2D eigenvalue weighted by Crippen LogP contribution is 2.33. The molecule has 0 aromatic heterocycles. The predicted octanol–water partition coefficient (Wildman–Crippen LogP) is 1.41. The Balaban J connectivity index is 2.43. The molecular formula is C11H14N2O2. The number of nitrogens with zero attached hydrogens (tertiary/aromatic N) is 2. The molecule has 0 radical (unpaired) electrons. The molecule has 0 spiro atoms. The lowest BCUT2D eigenvalue weighted by molar-refractivity contribution is -0.142. The van der Waals surface area contributed by atoms with Crippen molar-refractivity contribution < 1.29 is 9.90 Å². The summed E-state index contributed by atoms with van der Waals surface area (Å²) in [5.74, 6) is -0.0766. The summed E-state index contributed by atoms with van der Waals surface area (Å²) in [6.45, 7) is 3.85. The van der Waals surface area contributed by atoms with Crippen molar-refractivity contribution in [3.05, 3.63) is 24.4 Å². The van der Waals surface area contributed by atoms with Gasteiger partial charge in [-0.15, -0.1) is 0 Å². The van der Waals surface area contributed by atoms with Crippen molar-refractivity contribution in [3.8, 4) is 0 Å². The first-order chi connectivity index (χ1) is 7.08. The number of rotatable bonds is 2. The van der Waals surface area contributed by atoms with Crippen LogP contribution < -0.4 is 0 Å². The molecule has 2 aliphatic rings. The molecule has 80 valence electrons. The van der Waals surface area contributed by atoms with Crippen molar-refractivity contribution in [1.82, 2.24) is 4.90 Å². The van der Waals surface area contributed by atoms with E-state index in [0.717, 1.165) is 5.84 Å². The second-order valence-electron chi connectivity index (χ2n) is 4.03. The molecule has 2 heterocycles. The van der Waals surface area contributed by atoms with Gasteiger partial charge >= 0.3 is 5.97 Å². The molecule has 4 nitrogen and oxygen atoms in total. The van der Waals surface area contributed by atoms with Crippen LogP contribution in [0.1, 0.15) is 20.3 Å². The van der Waals surface area contributed by atoms with Gasteiger partial charge < -0.3 is 10.0 Å². The van der Waals surface area contributed by atoms with Crippen LogP contribution in [-0.4, -0.2) is 33.4 Å². The maximum atomic E-state index is 11.3. The van der Waals surface area contributed by atoms with Gasteiger partial charge in [0.2, 0.25) is 0 Å². The number of hydrogen-bond acceptors (Lipinski definition) is 3. The molecule has 0 aliphatic carbocycles. The Morgan fingerprint density at radius 3 is 3.00 bits per heavy atom. The van der Waals surface area contributed by atoms with Gasteiger partial charge in [0.25, 0.3) is 0 Å². The van der Waals surface area contributed by atoms with E-state index in [1.54, 1.807) is 11.1 Å². The number of allylic oxidation sites excluding steroid dienone is 2. The summed E-state index contributed by atoms with van der Waals surface area (Å²) in [7, 11) is 0. The molecule has 2 unspecified atom stereocenters. The molecule has 0 bridgehead atoms. The van der Waals surface area contributed by atoms with Crippen LogP contribution in [0.3, 0.4) is 0 Å². The standard InChI is InChI=1S/C11H14N2O2/c1-3-11(2)9(10(14)15)13-7-5-4-6-8(13)12-11/h4-7,9H,3H2,1-2H3,(H,14,15). The Morgan fingerprint density at radius 1 is 1.67 bits per heavy atom. The lowest BCUT2D eigenvalue weighted by Crippen LogP contribution is -2.48. The van der Waals surface area contributed by atoms with Crippen LogP contribution in [0.2, 0.25) is 0 Å². The van der Waals surface area contributed by atoms with Crippen molar-refractivity contribution in [1.29, 1.82) is 0 Å². The molecule has 0 saturated carbocycles. The molecule has 15 heavy (non-hydrogen) atoms. The predicted molar refractivity (Wildman–Crippen MR) is 57.7 cm³/mol. The van der Waals surface area contributed by atoms with Crippen LogP contribution in [0.15, 0.2) is 29.4 Å². The van der Waals surface area contributed by atoms with E-state index < -0.39 is 17.6 Å². The van der Waals surface area contributed by atoms with Crippen molar-refractivity contribution in [2.75, 3.05) is 0 Å².